The Kier molecular flexibility index (Phi) is 9.14. The summed E-state index contributed by atoms with van der Waals surface area (Å²) < 4.78 is 57.6. The van der Waals surface area contributed by atoms with Crippen LogP contribution in [0, 0.1) is 0 Å². The molecule has 0 saturated heterocycles. The van der Waals surface area contributed by atoms with Gasteiger partial charge < -0.3 is 23.8 Å². The zero-order chi connectivity index (χ0) is 25.6. The van der Waals surface area contributed by atoms with Gasteiger partial charge in [-0.2, -0.15) is 0 Å². The largest absolute Gasteiger partial charge is 0.573 e. The van der Waals surface area contributed by atoms with Gasteiger partial charge in [0, 0.05) is 25.0 Å². The minimum Gasteiger partial charge on any atom is -0.460 e. The molecule has 0 aliphatic carbocycles. The van der Waals surface area contributed by atoms with Crippen molar-refractivity contribution < 1.29 is 41.7 Å². The number of rotatable bonds is 9. The van der Waals surface area contributed by atoms with E-state index in [0.29, 0.717) is 23.5 Å². The van der Waals surface area contributed by atoms with Crippen molar-refractivity contribution in [3.8, 4) is 5.75 Å². The highest BCUT2D eigenvalue weighted by Crippen LogP contribution is 2.43. The number of benzene rings is 1. The smallest absolute Gasteiger partial charge is 0.460 e. The molecule has 1 aliphatic rings. The van der Waals surface area contributed by atoms with Crippen LogP contribution >= 0.6 is 0 Å². The highest BCUT2D eigenvalue weighted by molar-refractivity contribution is 6.00. The molecule has 1 aliphatic heterocycles. The number of allylic oxidation sites excluding steroid dienone is 2. The van der Waals surface area contributed by atoms with Crippen molar-refractivity contribution in [1.82, 2.24) is 4.90 Å². The van der Waals surface area contributed by atoms with Crippen LogP contribution in [0.4, 0.5) is 13.2 Å². The molecule has 0 aromatic heterocycles. The van der Waals surface area contributed by atoms with Crippen LogP contribution in [0.2, 0.25) is 0 Å². The third-order valence-electron chi connectivity index (χ3n) is 5.23. The quantitative estimate of drug-likeness (QED) is 0.371. The maximum Gasteiger partial charge on any atom is 0.573 e. The van der Waals surface area contributed by atoms with Crippen molar-refractivity contribution in [2.24, 2.45) is 0 Å². The number of hydrogen-bond acceptors (Lipinski definition) is 7. The van der Waals surface area contributed by atoms with Gasteiger partial charge in [-0.15, -0.1) is 13.2 Å². The normalized spacial score (nSPS) is 16.8. The number of halogens is 3. The zero-order valence-corrected chi connectivity index (χ0v) is 20.1. The lowest BCUT2D eigenvalue weighted by molar-refractivity contribution is -0.274. The highest BCUT2D eigenvalue weighted by Gasteiger charge is 2.40. The molecule has 1 heterocycles. The van der Waals surface area contributed by atoms with E-state index in [1.165, 1.54) is 19.2 Å². The number of esters is 2. The Hall–Kier alpha value is -3.01. The first kappa shape index (κ1) is 27.2. The summed E-state index contributed by atoms with van der Waals surface area (Å²) in [5, 5.41) is 0. The maximum atomic E-state index is 13.2. The number of nitrogens with zero attached hydrogens (tertiary/aromatic N) is 1. The van der Waals surface area contributed by atoms with E-state index in [0.717, 1.165) is 12.1 Å². The van der Waals surface area contributed by atoms with Crippen LogP contribution in [-0.2, 0) is 23.8 Å². The Bertz CT molecular complexity index is 950. The minimum absolute atomic E-state index is 0.00219. The molecule has 0 radical (unpaired) electrons. The average molecular weight is 485 g/mol. The lowest BCUT2D eigenvalue weighted by Crippen LogP contribution is -2.36. The second kappa shape index (κ2) is 11.4. The summed E-state index contributed by atoms with van der Waals surface area (Å²) >= 11 is 0. The average Bonchev–Trinajstić information content (AvgIpc) is 2.72. The second-order valence-corrected chi connectivity index (χ2v) is 7.88. The number of methoxy groups -OCH3 is 1. The first-order valence-corrected chi connectivity index (χ1v) is 10.8. The lowest BCUT2D eigenvalue weighted by Gasteiger charge is -2.37. The van der Waals surface area contributed by atoms with E-state index in [-0.39, 0.29) is 24.4 Å². The van der Waals surface area contributed by atoms with Gasteiger partial charge in [-0.1, -0.05) is 12.1 Å². The Morgan fingerprint density at radius 3 is 2.03 bits per heavy atom. The van der Waals surface area contributed by atoms with E-state index in [9.17, 15) is 22.8 Å². The van der Waals surface area contributed by atoms with Crippen LogP contribution in [0.5, 0.6) is 5.75 Å². The Balaban J connectivity index is 2.64. The van der Waals surface area contributed by atoms with E-state index in [4.69, 9.17) is 14.2 Å². The van der Waals surface area contributed by atoms with Crippen LogP contribution in [0.15, 0.2) is 46.8 Å². The summed E-state index contributed by atoms with van der Waals surface area (Å²) in [5.41, 5.74) is 1.98. The molecule has 7 nitrogen and oxygen atoms in total. The maximum absolute atomic E-state index is 13.2. The molecule has 188 valence electrons. The van der Waals surface area contributed by atoms with E-state index in [1.807, 2.05) is 11.8 Å². The third-order valence-corrected chi connectivity index (χ3v) is 5.23. The van der Waals surface area contributed by atoms with Gasteiger partial charge >= 0.3 is 18.3 Å². The summed E-state index contributed by atoms with van der Waals surface area (Å²) in [6, 6.07) is 5.05. The molecule has 0 spiro atoms. The molecule has 0 fully saturated rings. The van der Waals surface area contributed by atoms with Gasteiger partial charge in [0.2, 0.25) is 0 Å². The van der Waals surface area contributed by atoms with Gasteiger partial charge in [-0.25, -0.2) is 9.59 Å². The third kappa shape index (κ3) is 6.53. The fourth-order valence-corrected chi connectivity index (χ4v) is 3.88. The second-order valence-electron chi connectivity index (χ2n) is 7.88. The molecule has 34 heavy (non-hydrogen) atoms. The summed E-state index contributed by atoms with van der Waals surface area (Å²) in [5.74, 6) is -2.61. The first-order valence-electron chi connectivity index (χ1n) is 10.8. The predicted octanol–water partition coefficient (Wildman–Crippen LogP) is 4.69. The molecule has 1 aromatic rings. The van der Waals surface area contributed by atoms with E-state index in [2.05, 4.69) is 4.74 Å². The van der Waals surface area contributed by atoms with Gasteiger partial charge in [0.05, 0.1) is 29.8 Å². The molecular formula is C24H30F3NO6. The predicted molar refractivity (Wildman–Crippen MR) is 118 cm³/mol. The molecule has 2 rings (SSSR count). The fraction of sp³-hybridized carbons (Fsp3) is 0.500. The highest BCUT2D eigenvalue weighted by atomic mass is 19.4. The summed E-state index contributed by atoms with van der Waals surface area (Å²) in [4.78, 5) is 28.2. The number of alkyl halides is 3. The van der Waals surface area contributed by atoms with Crippen molar-refractivity contribution in [3.05, 3.63) is 52.4 Å². The standard InChI is InChI=1S/C24H30F3NO6/c1-7-28-15(4)19(22(29)32-13-12-31-6)21(20(16(28)5)23(30)33-14(2)3)17-8-10-18(11-9-17)34-24(25,26)27/h8-11,14,21H,7,12-13H2,1-6H3. The van der Waals surface area contributed by atoms with Crippen LogP contribution in [-0.4, -0.2) is 56.2 Å². The molecule has 1 aromatic carbocycles. The van der Waals surface area contributed by atoms with Crippen molar-refractivity contribution in [3.63, 3.8) is 0 Å². The van der Waals surface area contributed by atoms with E-state index in [1.54, 1.807) is 27.7 Å². The van der Waals surface area contributed by atoms with Crippen molar-refractivity contribution >= 4 is 11.9 Å². The summed E-state index contributed by atoms with van der Waals surface area (Å²) in [6.07, 6.45) is -5.26. The van der Waals surface area contributed by atoms with Gasteiger partial charge in [-0.3, -0.25) is 0 Å². The molecular weight excluding hydrogens is 455 g/mol. The lowest BCUT2D eigenvalue weighted by atomic mass is 9.79. The van der Waals surface area contributed by atoms with Gasteiger partial charge in [0.25, 0.3) is 0 Å². The number of hydrogen-bond donors (Lipinski definition) is 0. The fourth-order valence-electron chi connectivity index (χ4n) is 3.88. The van der Waals surface area contributed by atoms with Crippen molar-refractivity contribution in [2.75, 3.05) is 26.9 Å². The van der Waals surface area contributed by atoms with Crippen LogP contribution in [0.25, 0.3) is 0 Å². The molecule has 0 bridgehead atoms. The van der Waals surface area contributed by atoms with Gasteiger partial charge in [-0.05, 0) is 52.3 Å². The molecule has 0 saturated carbocycles. The van der Waals surface area contributed by atoms with Crippen LogP contribution < -0.4 is 4.74 Å². The summed E-state index contributed by atoms with van der Waals surface area (Å²) in [7, 11) is 1.47. The molecule has 1 atom stereocenters. The summed E-state index contributed by atoms with van der Waals surface area (Å²) in [6.45, 7) is 9.40. The molecule has 1 unspecified atom stereocenters. The molecule has 0 N–H and O–H groups in total. The Morgan fingerprint density at radius 2 is 1.56 bits per heavy atom. The molecule has 0 amide bonds. The Morgan fingerprint density at radius 1 is 1.00 bits per heavy atom. The Labute approximate surface area is 197 Å². The number of carbonyl (C=O) groups excluding carboxylic acids is 2. The number of carbonyl (C=O) groups is 2. The SMILES string of the molecule is CCN1C(C)=C(C(=O)OCCOC)C(c2ccc(OC(F)(F)F)cc2)C(C(=O)OC(C)C)=C1C. The van der Waals surface area contributed by atoms with Gasteiger partial charge in [0.15, 0.2) is 0 Å². The van der Waals surface area contributed by atoms with Crippen LogP contribution in [0.1, 0.15) is 46.1 Å². The monoisotopic (exact) mass is 485 g/mol. The van der Waals surface area contributed by atoms with E-state index >= 15 is 0 Å². The minimum atomic E-state index is -4.84. The van der Waals surface area contributed by atoms with Crippen molar-refractivity contribution in [1.29, 1.82) is 0 Å². The van der Waals surface area contributed by atoms with Crippen molar-refractivity contribution in [2.45, 2.75) is 53.0 Å². The first-order chi connectivity index (χ1) is 15.9. The zero-order valence-electron chi connectivity index (χ0n) is 20.1. The molecule has 10 heteroatoms. The van der Waals surface area contributed by atoms with E-state index < -0.39 is 36.1 Å². The number of ether oxygens (including phenoxy) is 4. The topological polar surface area (TPSA) is 74.3 Å². The van der Waals surface area contributed by atoms with Gasteiger partial charge in [0.1, 0.15) is 12.4 Å². The van der Waals surface area contributed by atoms with Crippen LogP contribution in [0.3, 0.4) is 0 Å².